The van der Waals surface area contributed by atoms with E-state index in [0.29, 0.717) is 24.5 Å². The standard InChI is InChI=1S/C18H26N2O7/c1-24-14-7-5-12(11-15(14)25-2)9-10-19-18(23)20-13(17(22)27-4)6-8-16(21)26-3/h5,7,11,13H,6,8-10H2,1-4H3,(H2,19,20,23)/t13-/m1/s1. The Balaban J connectivity index is 2.52. The van der Waals surface area contributed by atoms with Gasteiger partial charge >= 0.3 is 18.0 Å². The molecule has 9 nitrogen and oxygen atoms in total. The summed E-state index contributed by atoms with van der Waals surface area (Å²) in [6.07, 6.45) is 0.628. The summed E-state index contributed by atoms with van der Waals surface area (Å²) in [6.45, 7) is 0.339. The number of carbonyl (C=O) groups excluding carboxylic acids is 3. The summed E-state index contributed by atoms with van der Waals surface area (Å²) < 4.78 is 19.6. The van der Waals surface area contributed by atoms with Gasteiger partial charge in [0.05, 0.1) is 28.4 Å². The van der Waals surface area contributed by atoms with Gasteiger partial charge in [0.15, 0.2) is 11.5 Å². The normalized spacial score (nSPS) is 11.1. The molecule has 0 heterocycles. The van der Waals surface area contributed by atoms with Crippen LogP contribution in [0.2, 0.25) is 0 Å². The zero-order valence-electron chi connectivity index (χ0n) is 16.0. The van der Waals surface area contributed by atoms with Gasteiger partial charge in [-0.2, -0.15) is 0 Å². The highest BCUT2D eigenvalue weighted by Gasteiger charge is 2.22. The van der Waals surface area contributed by atoms with Crippen molar-refractivity contribution in [2.75, 3.05) is 35.0 Å². The van der Waals surface area contributed by atoms with Gasteiger partial charge in [0.25, 0.3) is 0 Å². The van der Waals surface area contributed by atoms with Crippen molar-refractivity contribution in [2.24, 2.45) is 0 Å². The van der Waals surface area contributed by atoms with Crippen molar-refractivity contribution in [1.29, 1.82) is 0 Å². The molecule has 0 aliphatic heterocycles. The number of ether oxygens (including phenoxy) is 4. The summed E-state index contributed by atoms with van der Waals surface area (Å²) >= 11 is 0. The molecule has 0 fully saturated rings. The molecular formula is C18H26N2O7. The van der Waals surface area contributed by atoms with E-state index >= 15 is 0 Å². The highest BCUT2D eigenvalue weighted by atomic mass is 16.5. The van der Waals surface area contributed by atoms with E-state index in [1.54, 1.807) is 20.3 Å². The number of nitrogens with one attached hydrogen (secondary N) is 2. The van der Waals surface area contributed by atoms with Gasteiger partial charge in [-0.15, -0.1) is 0 Å². The Kier molecular flexibility index (Phi) is 9.49. The van der Waals surface area contributed by atoms with E-state index < -0.39 is 24.0 Å². The summed E-state index contributed by atoms with van der Waals surface area (Å²) in [5.74, 6) is 0.125. The van der Waals surface area contributed by atoms with Crippen LogP contribution in [0.4, 0.5) is 4.79 Å². The number of hydrogen-bond acceptors (Lipinski definition) is 7. The average Bonchev–Trinajstić information content (AvgIpc) is 2.69. The average molecular weight is 382 g/mol. The second-order valence-corrected chi connectivity index (χ2v) is 5.53. The number of benzene rings is 1. The van der Waals surface area contributed by atoms with Crippen molar-refractivity contribution < 1.29 is 33.3 Å². The molecule has 150 valence electrons. The molecule has 1 aromatic carbocycles. The van der Waals surface area contributed by atoms with Gasteiger partial charge in [-0.3, -0.25) is 4.79 Å². The lowest BCUT2D eigenvalue weighted by molar-refractivity contribution is -0.144. The van der Waals surface area contributed by atoms with Crippen LogP contribution in [-0.4, -0.2) is 59.0 Å². The number of hydrogen-bond donors (Lipinski definition) is 2. The molecule has 0 aliphatic carbocycles. The molecule has 0 aliphatic rings. The number of rotatable bonds is 10. The Hall–Kier alpha value is -2.97. The molecule has 1 rings (SSSR count). The molecular weight excluding hydrogens is 356 g/mol. The predicted octanol–water partition coefficient (Wildman–Crippen LogP) is 1.04. The Morgan fingerprint density at radius 3 is 2.30 bits per heavy atom. The Morgan fingerprint density at radius 1 is 1.00 bits per heavy atom. The third-order valence-corrected chi connectivity index (χ3v) is 3.80. The van der Waals surface area contributed by atoms with Crippen LogP contribution in [0.1, 0.15) is 18.4 Å². The topological polar surface area (TPSA) is 112 Å². The minimum absolute atomic E-state index is 0.0117. The van der Waals surface area contributed by atoms with Crippen LogP contribution in [0.25, 0.3) is 0 Å². The fourth-order valence-corrected chi connectivity index (χ4v) is 2.32. The Bertz CT molecular complexity index is 649. The Labute approximate surface area is 158 Å². The van der Waals surface area contributed by atoms with Crippen molar-refractivity contribution >= 4 is 18.0 Å². The predicted molar refractivity (Wildman–Crippen MR) is 96.8 cm³/mol. The molecule has 2 amide bonds. The maximum absolute atomic E-state index is 12.0. The van der Waals surface area contributed by atoms with E-state index in [1.165, 1.54) is 14.2 Å². The molecule has 0 saturated carbocycles. The van der Waals surface area contributed by atoms with Crippen molar-refractivity contribution in [2.45, 2.75) is 25.3 Å². The summed E-state index contributed by atoms with van der Waals surface area (Å²) in [7, 11) is 5.57. The Morgan fingerprint density at radius 2 is 1.70 bits per heavy atom. The lowest BCUT2D eigenvalue weighted by Crippen LogP contribution is -2.47. The third-order valence-electron chi connectivity index (χ3n) is 3.80. The molecule has 0 saturated heterocycles. The van der Waals surface area contributed by atoms with Gasteiger partial charge < -0.3 is 29.6 Å². The molecule has 0 radical (unpaired) electrons. The van der Waals surface area contributed by atoms with Crippen molar-refractivity contribution in [3.8, 4) is 11.5 Å². The van der Waals surface area contributed by atoms with Crippen LogP contribution in [-0.2, 0) is 25.5 Å². The smallest absolute Gasteiger partial charge is 0.328 e. The molecule has 27 heavy (non-hydrogen) atoms. The minimum Gasteiger partial charge on any atom is -0.493 e. The van der Waals surface area contributed by atoms with E-state index in [0.717, 1.165) is 5.56 Å². The number of amides is 2. The number of urea groups is 1. The lowest BCUT2D eigenvalue weighted by Gasteiger charge is -2.16. The maximum atomic E-state index is 12.0. The SMILES string of the molecule is COC(=O)CC[C@@H](NC(=O)NCCc1ccc(OC)c(OC)c1)C(=O)OC. The monoisotopic (exact) mass is 382 g/mol. The first-order valence-corrected chi connectivity index (χ1v) is 8.35. The van der Waals surface area contributed by atoms with Crippen LogP contribution in [0.15, 0.2) is 18.2 Å². The lowest BCUT2D eigenvalue weighted by atomic mass is 10.1. The second-order valence-electron chi connectivity index (χ2n) is 5.53. The fourth-order valence-electron chi connectivity index (χ4n) is 2.32. The zero-order chi connectivity index (χ0) is 20.2. The zero-order valence-corrected chi connectivity index (χ0v) is 16.0. The van der Waals surface area contributed by atoms with E-state index in [-0.39, 0.29) is 12.8 Å². The molecule has 0 aromatic heterocycles. The molecule has 0 unspecified atom stereocenters. The molecule has 1 atom stereocenters. The highest BCUT2D eigenvalue weighted by molar-refractivity contribution is 5.84. The van der Waals surface area contributed by atoms with Gasteiger partial charge in [-0.1, -0.05) is 6.07 Å². The van der Waals surface area contributed by atoms with Crippen molar-refractivity contribution in [3.63, 3.8) is 0 Å². The van der Waals surface area contributed by atoms with Crippen LogP contribution >= 0.6 is 0 Å². The molecule has 9 heteroatoms. The quantitative estimate of drug-likeness (QED) is 0.582. The third kappa shape index (κ3) is 7.43. The molecule has 1 aromatic rings. The van der Waals surface area contributed by atoms with Gasteiger partial charge in [-0.05, 0) is 30.5 Å². The second kappa shape index (κ2) is 11.6. The van der Waals surface area contributed by atoms with Crippen LogP contribution in [0, 0.1) is 0 Å². The number of methoxy groups -OCH3 is 4. The first kappa shape index (κ1) is 22.1. The first-order valence-electron chi connectivity index (χ1n) is 8.35. The van der Waals surface area contributed by atoms with E-state index in [9.17, 15) is 14.4 Å². The summed E-state index contributed by atoms with van der Waals surface area (Å²) in [6, 6.07) is 4.01. The minimum atomic E-state index is -0.935. The molecule has 2 N–H and O–H groups in total. The van der Waals surface area contributed by atoms with Gasteiger partial charge in [0.2, 0.25) is 0 Å². The van der Waals surface area contributed by atoms with Crippen LogP contribution in [0.3, 0.4) is 0 Å². The van der Waals surface area contributed by atoms with E-state index in [1.807, 2.05) is 12.1 Å². The molecule has 0 bridgehead atoms. The first-order chi connectivity index (χ1) is 12.9. The fraction of sp³-hybridized carbons (Fsp3) is 0.500. The summed E-state index contributed by atoms with van der Waals surface area (Å²) in [4.78, 5) is 35.0. The largest absolute Gasteiger partial charge is 0.493 e. The molecule has 0 spiro atoms. The van der Waals surface area contributed by atoms with Crippen molar-refractivity contribution in [1.82, 2.24) is 10.6 Å². The van der Waals surface area contributed by atoms with E-state index in [4.69, 9.17) is 9.47 Å². The van der Waals surface area contributed by atoms with Gasteiger partial charge in [0, 0.05) is 13.0 Å². The van der Waals surface area contributed by atoms with Crippen LogP contribution in [0.5, 0.6) is 11.5 Å². The van der Waals surface area contributed by atoms with Crippen molar-refractivity contribution in [3.05, 3.63) is 23.8 Å². The number of esters is 2. The van der Waals surface area contributed by atoms with Gasteiger partial charge in [-0.25, -0.2) is 9.59 Å². The van der Waals surface area contributed by atoms with Gasteiger partial charge in [0.1, 0.15) is 6.04 Å². The number of carbonyl (C=O) groups is 3. The summed E-state index contributed by atoms with van der Waals surface area (Å²) in [5.41, 5.74) is 0.947. The van der Waals surface area contributed by atoms with Crippen LogP contribution < -0.4 is 20.1 Å². The maximum Gasteiger partial charge on any atom is 0.328 e. The summed E-state index contributed by atoms with van der Waals surface area (Å²) in [5, 5.41) is 5.16. The highest BCUT2D eigenvalue weighted by Crippen LogP contribution is 2.27. The van der Waals surface area contributed by atoms with E-state index in [2.05, 4.69) is 20.1 Å².